The van der Waals surface area contributed by atoms with E-state index in [0.29, 0.717) is 12.8 Å². The number of aliphatic carboxylic acids is 1. The Morgan fingerprint density at radius 3 is 1.37 bits per heavy atom. The van der Waals surface area contributed by atoms with E-state index in [1.807, 2.05) is 0 Å². The van der Waals surface area contributed by atoms with Gasteiger partial charge in [0.15, 0.2) is 18.5 Å². The molecule has 6 atom stereocenters. The summed E-state index contributed by atoms with van der Waals surface area (Å²) in [5, 5.41) is 39.8. The first-order valence-corrected chi connectivity index (χ1v) is 23.2. The molecule has 0 aromatic heterocycles. The zero-order valence-electron chi connectivity index (χ0n) is 36.1. The van der Waals surface area contributed by atoms with Crippen LogP contribution in [0.3, 0.4) is 0 Å². The fraction of sp³-hybridized carbons (Fsp3) is 0.891. The zero-order valence-corrected chi connectivity index (χ0v) is 36.1. The van der Waals surface area contributed by atoms with Crippen LogP contribution >= 0.6 is 0 Å². The van der Waals surface area contributed by atoms with Gasteiger partial charge in [-0.05, 0) is 38.5 Å². The Bertz CT molecular complexity index is 1000. The molecule has 1 heterocycles. The Hall–Kier alpha value is -2.05. The molecule has 6 unspecified atom stereocenters. The Balaban J connectivity index is 2.35. The number of allylic oxidation sites excluding steroid dienone is 2. The van der Waals surface area contributed by atoms with Crippen LogP contribution in [0.15, 0.2) is 12.2 Å². The number of unbranched alkanes of at least 4 members (excludes halogenated alkanes) is 26. The van der Waals surface area contributed by atoms with E-state index in [9.17, 15) is 34.8 Å². The van der Waals surface area contributed by atoms with Gasteiger partial charge in [0.1, 0.15) is 24.9 Å². The maximum absolute atomic E-state index is 12.8. The van der Waals surface area contributed by atoms with E-state index in [1.54, 1.807) is 0 Å². The zero-order chi connectivity index (χ0) is 41.8. The van der Waals surface area contributed by atoms with Crippen molar-refractivity contribution >= 4 is 17.9 Å². The minimum Gasteiger partial charge on any atom is -0.479 e. The van der Waals surface area contributed by atoms with Gasteiger partial charge in [0.25, 0.3) is 0 Å². The number of ether oxygens (including phenoxy) is 4. The fourth-order valence-corrected chi connectivity index (χ4v) is 7.17. The van der Waals surface area contributed by atoms with Crippen LogP contribution in [0.25, 0.3) is 0 Å². The number of carbonyl (C=O) groups excluding carboxylic acids is 2. The van der Waals surface area contributed by atoms with Crippen LogP contribution in [0.4, 0.5) is 0 Å². The van der Waals surface area contributed by atoms with Gasteiger partial charge >= 0.3 is 17.9 Å². The van der Waals surface area contributed by atoms with Crippen LogP contribution in [0, 0.1) is 0 Å². The first kappa shape index (κ1) is 53.0. The van der Waals surface area contributed by atoms with E-state index < -0.39 is 54.7 Å². The Morgan fingerprint density at radius 1 is 0.526 bits per heavy atom. The van der Waals surface area contributed by atoms with E-state index in [0.717, 1.165) is 57.8 Å². The predicted molar refractivity (Wildman–Crippen MR) is 225 cm³/mol. The molecule has 0 bridgehead atoms. The Labute approximate surface area is 346 Å². The fourth-order valence-electron chi connectivity index (χ4n) is 7.17. The summed E-state index contributed by atoms with van der Waals surface area (Å²) < 4.78 is 21.7. The molecule has 0 radical (unpaired) electrons. The summed E-state index contributed by atoms with van der Waals surface area (Å²) in [6.07, 6.45) is 29.7. The van der Waals surface area contributed by atoms with E-state index in [-0.39, 0.29) is 26.1 Å². The van der Waals surface area contributed by atoms with Gasteiger partial charge in [-0.3, -0.25) is 9.59 Å². The molecule has 0 saturated carbocycles. The first-order valence-electron chi connectivity index (χ1n) is 23.2. The van der Waals surface area contributed by atoms with Gasteiger partial charge in [0.05, 0.1) is 6.61 Å². The summed E-state index contributed by atoms with van der Waals surface area (Å²) in [6.45, 7) is 3.82. The Morgan fingerprint density at radius 2 is 0.930 bits per heavy atom. The molecule has 0 amide bonds. The van der Waals surface area contributed by atoms with Crippen molar-refractivity contribution in [2.75, 3.05) is 13.2 Å². The molecule has 1 saturated heterocycles. The second kappa shape index (κ2) is 37.0. The first-order chi connectivity index (χ1) is 27.7. The number of carboxylic acids is 1. The van der Waals surface area contributed by atoms with E-state index in [2.05, 4.69) is 26.0 Å². The smallest absolute Gasteiger partial charge is 0.335 e. The number of carbonyl (C=O) groups is 3. The number of aliphatic hydroxyl groups is 3. The van der Waals surface area contributed by atoms with Crippen LogP contribution in [-0.2, 0) is 33.3 Å². The molecule has 0 spiro atoms. The molecule has 57 heavy (non-hydrogen) atoms. The molecular formula is C46H84O11. The molecule has 4 N–H and O–H groups in total. The second-order valence-corrected chi connectivity index (χ2v) is 16.3. The van der Waals surface area contributed by atoms with Crippen LogP contribution < -0.4 is 0 Å². The van der Waals surface area contributed by atoms with Gasteiger partial charge in [-0.15, -0.1) is 0 Å². The summed E-state index contributed by atoms with van der Waals surface area (Å²) in [4.78, 5) is 36.8. The van der Waals surface area contributed by atoms with E-state index in [4.69, 9.17) is 18.9 Å². The number of aliphatic hydroxyl groups excluding tert-OH is 3. The topological polar surface area (TPSA) is 169 Å². The van der Waals surface area contributed by atoms with Gasteiger partial charge in [0.2, 0.25) is 0 Å². The molecule has 334 valence electrons. The number of hydrogen-bond acceptors (Lipinski definition) is 10. The highest BCUT2D eigenvalue weighted by Crippen LogP contribution is 2.23. The lowest BCUT2D eigenvalue weighted by Crippen LogP contribution is -2.60. The third kappa shape index (κ3) is 28.9. The quantitative estimate of drug-likeness (QED) is 0.0265. The summed E-state index contributed by atoms with van der Waals surface area (Å²) in [5.74, 6) is -2.44. The average Bonchev–Trinajstić information content (AvgIpc) is 3.19. The predicted octanol–water partition coefficient (Wildman–Crippen LogP) is 10.0. The van der Waals surface area contributed by atoms with Crippen molar-refractivity contribution in [3.8, 4) is 0 Å². The van der Waals surface area contributed by atoms with Crippen LogP contribution in [0.5, 0.6) is 0 Å². The molecule has 11 heteroatoms. The van der Waals surface area contributed by atoms with E-state index >= 15 is 0 Å². The van der Waals surface area contributed by atoms with Crippen molar-refractivity contribution in [3.63, 3.8) is 0 Å². The molecule has 0 aliphatic carbocycles. The SMILES string of the molecule is CCCCCCC/C=C\CCCCCCCC(=O)OCC(COC1OC(C(=O)O)C(O)C(O)C1O)OC(=O)CCCCCCCCCCCCCCCCCCC. The van der Waals surface area contributed by atoms with Gasteiger partial charge in [-0.1, -0.05) is 174 Å². The second-order valence-electron chi connectivity index (χ2n) is 16.3. The lowest BCUT2D eigenvalue weighted by atomic mass is 9.99. The average molecular weight is 813 g/mol. The minimum atomic E-state index is -1.86. The highest BCUT2D eigenvalue weighted by atomic mass is 16.7. The van der Waals surface area contributed by atoms with Crippen molar-refractivity contribution in [1.82, 2.24) is 0 Å². The molecular weight excluding hydrogens is 728 g/mol. The van der Waals surface area contributed by atoms with Crippen molar-refractivity contribution in [1.29, 1.82) is 0 Å². The minimum absolute atomic E-state index is 0.187. The van der Waals surface area contributed by atoms with Gasteiger partial charge < -0.3 is 39.4 Å². The third-order valence-corrected chi connectivity index (χ3v) is 10.9. The van der Waals surface area contributed by atoms with Gasteiger partial charge in [-0.25, -0.2) is 4.79 Å². The molecule has 11 nitrogen and oxygen atoms in total. The van der Waals surface area contributed by atoms with Crippen LogP contribution in [-0.4, -0.2) is 88.4 Å². The van der Waals surface area contributed by atoms with Crippen LogP contribution in [0.2, 0.25) is 0 Å². The van der Waals surface area contributed by atoms with Crippen LogP contribution in [0.1, 0.15) is 213 Å². The summed E-state index contributed by atoms with van der Waals surface area (Å²) in [6, 6.07) is 0. The molecule has 1 aliphatic rings. The molecule has 1 aliphatic heterocycles. The highest BCUT2D eigenvalue weighted by molar-refractivity contribution is 5.73. The van der Waals surface area contributed by atoms with E-state index in [1.165, 1.54) is 116 Å². The molecule has 0 aromatic rings. The number of hydrogen-bond donors (Lipinski definition) is 4. The van der Waals surface area contributed by atoms with Gasteiger partial charge in [0, 0.05) is 12.8 Å². The largest absolute Gasteiger partial charge is 0.479 e. The van der Waals surface area contributed by atoms with Crippen molar-refractivity contribution in [3.05, 3.63) is 12.2 Å². The summed E-state index contributed by atoms with van der Waals surface area (Å²) in [5.41, 5.74) is 0. The third-order valence-electron chi connectivity index (χ3n) is 10.9. The van der Waals surface area contributed by atoms with Crippen molar-refractivity contribution in [2.24, 2.45) is 0 Å². The lowest BCUT2D eigenvalue weighted by molar-refractivity contribution is -0.298. The van der Waals surface area contributed by atoms with Crippen molar-refractivity contribution < 1.29 is 53.8 Å². The molecule has 1 rings (SSSR count). The molecule has 0 aromatic carbocycles. The Kier molecular flexibility index (Phi) is 34.4. The van der Waals surface area contributed by atoms with Gasteiger partial charge in [-0.2, -0.15) is 0 Å². The highest BCUT2D eigenvalue weighted by Gasteiger charge is 2.47. The van der Waals surface area contributed by atoms with Crippen molar-refractivity contribution in [2.45, 2.75) is 250 Å². The summed E-state index contributed by atoms with van der Waals surface area (Å²) >= 11 is 0. The normalized spacial score (nSPS) is 20.2. The number of carboxylic acid groups (broad SMARTS) is 1. The lowest BCUT2D eigenvalue weighted by Gasteiger charge is -2.38. The summed E-state index contributed by atoms with van der Waals surface area (Å²) in [7, 11) is 0. The molecule has 1 fully saturated rings. The standard InChI is InChI=1S/C46H84O11/c1-3-5-7-9-11-13-15-17-19-20-21-23-25-27-29-31-33-35-40(48)56-38(37-55-46-43(51)41(49)42(50)44(57-46)45(52)53)36-54-39(47)34-32-30-28-26-24-22-18-16-14-12-10-8-6-4-2/h16,18,38,41-44,46,49-51H,3-15,17,19-37H2,1-2H3,(H,52,53)/b18-16-. The maximum Gasteiger partial charge on any atom is 0.335 e. The monoisotopic (exact) mass is 813 g/mol. The number of rotatable bonds is 39. The maximum atomic E-state index is 12.8. The number of esters is 2.